The number of hydrogen-bond donors (Lipinski definition) is 1. The number of nitrogens with one attached hydrogen (secondary N) is 1. The van der Waals surface area contributed by atoms with Crippen molar-refractivity contribution in [3.63, 3.8) is 0 Å². The fourth-order valence-electron chi connectivity index (χ4n) is 5.53. The van der Waals surface area contributed by atoms with Crippen LogP contribution in [-0.4, -0.2) is 48.7 Å². The number of carbonyl (C=O) groups excluding carboxylic acids is 2. The molecule has 6 rings (SSSR count). The summed E-state index contributed by atoms with van der Waals surface area (Å²) < 4.78 is 20.5. The van der Waals surface area contributed by atoms with Gasteiger partial charge in [-0.1, -0.05) is 36.4 Å². The Hall–Kier alpha value is -4.07. The van der Waals surface area contributed by atoms with Crippen LogP contribution in [0.2, 0.25) is 0 Å². The van der Waals surface area contributed by atoms with Crippen LogP contribution in [0.4, 0.5) is 20.6 Å². The van der Waals surface area contributed by atoms with Crippen molar-refractivity contribution < 1.29 is 18.7 Å². The van der Waals surface area contributed by atoms with Crippen molar-refractivity contribution in [2.45, 2.75) is 25.1 Å². The number of piperazine rings is 1. The van der Waals surface area contributed by atoms with E-state index in [0.29, 0.717) is 49.5 Å². The van der Waals surface area contributed by atoms with Crippen LogP contribution in [0, 0.1) is 5.82 Å². The zero-order valence-corrected chi connectivity index (χ0v) is 20.0. The number of benzene rings is 3. The van der Waals surface area contributed by atoms with Crippen molar-refractivity contribution in [3.8, 4) is 5.75 Å². The topological polar surface area (TPSA) is 65.1 Å². The van der Waals surface area contributed by atoms with Crippen molar-refractivity contribution >= 4 is 23.3 Å². The first kappa shape index (κ1) is 22.4. The molecule has 3 amide bonds. The van der Waals surface area contributed by atoms with Gasteiger partial charge in [-0.2, -0.15) is 0 Å². The number of carbonyl (C=O) groups is 2. The molecule has 3 heterocycles. The van der Waals surface area contributed by atoms with E-state index in [9.17, 15) is 14.0 Å². The van der Waals surface area contributed by atoms with E-state index in [4.69, 9.17) is 4.74 Å². The highest BCUT2D eigenvalue weighted by Gasteiger charge is 2.49. The number of hydrogen-bond acceptors (Lipinski definition) is 4. The minimum atomic E-state index is -0.881. The zero-order valence-electron chi connectivity index (χ0n) is 20.0. The van der Waals surface area contributed by atoms with Crippen LogP contribution in [0.1, 0.15) is 35.3 Å². The summed E-state index contributed by atoms with van der Waals surface area (Å²) in [5.41, 5.74) is 1.75. The average Bonchev–Trinajstić information content (AvgIpc) is 2.88. The van der Waals surface area contributed by atoms with E-state index < -0.39 is 5.72 Å². The van der Waals surface area contributed by atoms with Gasteiger partial charge in [0, 0.05) is 43.7 Å². The Balaban J connectivity index is 1.21. The molecule has 8 heteroatoms. The van der Waals surface area contributed by atoms with Gasteiger partial charge in [-0.25, -0.2) is 9.18 Å². The molecule has 0 saturated carbocycles. The molecule has 0 spiro atoms. The standard InChI is InChI=1S/C28H27FN4O3/c1-28-18-23(21-9-2-5-12-25(21)36-28)30-27(35)33(28)20-8-6-7-19(17-20)26(34)32-15-13-31(14-16-32)24-11-4-3-10-22(24)29/h2-12,17,23H,13-16,18H2,1H3,(H,30,35)/t23-,28+/m1/s1. The summed E-state index contributed by atoms with van der Waals surface area (Å²) in [5.74, 6) is 0.384. The number of halogens is 1. The summed E-state index contributed by atoms with van der Waals surface area (Å²) in [7, 11) is 0. The molecule has 0 radical (unpaired) electrons. The maximum Gasteiger partial charge on any atom is 0.325 e. The first-order valence-corrected chi connectivity index (χ1v) is 12.2. The second-order valence-corrected chi connectivity index (χ2v) is 9.64. The molecule has 3 aliphatic heterocycles. The molecule has 184 valence electrons. The monoisotopic (exact) mass is 486 g/mol. The van der Waals surface area contributed by atoms with Crippen molar-refractivity contribution in [1.29, 1.82) is 0 Å². The molecule has 2 bridgehead atoms. The number of rotatable bonds is 3. The van der Waals surface area contributed by atoms with E-state index in [0.717, 1.165) is 11.3 Å². The van der Waals surface area contributed by atoms with E-state index in [1.54, 1.807) is 40.1 Å². The zero-order chi connectivity index (χ0) is 24.9. The van der Waals surface area contributed by atoms with Gasteiger partial charge in [0.05, 0.1) is 17.4 Å². The molecule has 3 aliphatic rings. The molecule has 1 N–H and O–H groups in total. The summed E-state index contributed by atoms with van der Waals surface area (Å²) >= 11 is 0. The van der Waals surface area contributed by atoms with E-state index in [1.165, 1.54) is 6.07 Å². The largest absolute Gasteiger partial charge is 0.467 e. The van der Waals surface area contributed by atoms with Crippen LogP contribution >= 0.6 is 0 Å². The van der Waals surface area contributed by atoms with Crippen LogP contribution in [-0.2, 0) is 0 Å². The third-order valence-corrected chi connectivity index (χ3v) is 7.29. The lowest BCUT2D eigenvalue weighted by Gasteiger charge is -2.50. The number of amides is 3. The molecule has 3 aromatic carbocycles. The third kappa shape index (κ3) is 3.73. The van der Waals surface area contributed by atoms with Gasteiger partial charge in [0.1, 0.15) is 11.6 Å². The fourth-order valence-corrected chi connectivity index (χ4v) is 5.53. The Morgan fingerprint density at radius 1 is 1.00 bits per heavy atom. The van der Waals surface area contributed by atoms with Crippen LogP contribution < -0.4 is 19.9 Å². The normalized spacial score (nSPS) is 23.0. The van der Waals surface area contributed by atoms with Crippen molar-refractivity contribution in [1.82, 2.24) is 10.2 Å². The number of urea groups is 1. The van der Waals surface area contributed by atoms with Crippen molar-refractivity contribution in [2.75, 3.05) is 36.0 Å². The highest BCUT2D eigenvalue weighted by molar-refractivity contribution is 5.99. The Labute approximate surface area is 209 Å². The summed E-state index contributed by atoms with van der Waals surface area (Å²) in [6.45, 7) is 3.98. The van der Waals surface area contributed by atoms with Gasteiger partial charge < -0.3 is 19.9 Å². The predicted octanol–water partition coefficient (Wildman–Crippen LogP) is 4.56. The number of nitrogens with zero attached hydrogens (tertiary/aromatic N) is 3. The molecular weight excluding hydrogens is 459 g/mol. The highest BCUT2D eigenvalue weighted by Crippen LogP contribution is 2.45. The van der Waals surface area contributed by atoms with Gasteiger partial charge in [-0.15, -0.1) is 0 Å². The molecule has 7 nitrogen and oxygen atoms in total. The summed E-state index contributed by atoms with van der Waals surface area (Å²) in [6, 6.07) is 21.2. The maximum atomic E-state index is 14.2. The Morgan fingerprint density at radius 3 is 2.56 bits per heavy atom. The molecule has 2 atom stereocenters. The van der Waals surface area contributed by atoms with Crippen LogP contribution in [0.25, 0.3) is 0 Å². The van der Waals surface area contributed by atoms with Gasteiger partial charge in [-0.3, -0.25) is 9.69 Å². The molecule has 3 aromatic rings. The molecule has 0 aromatic heterocycles. The van der Waals surface area contributed by atoms with E-state index >= 15 is 0 Å². The average molecular weight is 487 g/mol. The SMILES string of the molecule is C[C@]12C[C@@H](NC(=O)N1c1cccc(C(=O)N3CCN(c4ccccc4F)CC3)c1)c1ccccc1O2. The number of fused-ring (bicyclic) bond motifs is 4. The van der Waals surface area contributed by atoms with E-state index in [-0.39, 0.29) is 23.8 Å². The highest BCUT2D eigenvalue weighted by atomic mass is 19.1. The Kier molecular flexibility index (Phi) is 5.32. The van der Waals surface area contributed by atoms with E-state index in [2.05, 4.69) is 5.32 Å². The molecule has 0 unspecified atom stereocenters. The smallest absolute Gasteiger partial charge is 0.325 e. The Bertz CT molecular complexity index is 1340. The molecular formula is C28H27FN4O3. The van der Waals surface area contributed by atoms with Gasteiger partial charge >= 0.3 is 6.03 Å². The number of ether oxygens (including phenoxy) is 1. The van der Waals surface area contributed by atoms with Crippen molar-refractivity contribution in [2.24, 2.45) is 0 Å². The number of anilines is 2. The minimum Gasteiger partial charge on any atom is -0.467 e. The third-order valence-electron chi connectivity index (χ3n) is 7.29. The first-order valence-electron chi connectivity index (χ1n) is 12.2. The Morgan fingerprint density at radius 2 is 1.75 bits per heavy atom. The van der Waals surface area contributed by atoms with E-state index in [1.807, 2.05) is 48.2 Å². The predicted molar refractivity (Wildman–Crippen MR) is 135 cm³/mol. The molecule has 2 fully saturated rings. The maximum absolute atomic E-state index is 14.2. The summed E-state index contributed by atoms with van der Waals surface area (Å²) in [4.78, 5) is 31.9. The summed E-state index contributed by atoms with van der Waals surface area (Å²) in [5, 5.41) is 3.09. The quantitative estimate of drug-likeness (QED) is 0.590. The molecule has 0 aliphatic carbocycles. The van der Waals surface area contributed by atoms with Crippen LogP contribution in [0.15, 0.2) is 72.8 Å². The van der Waals surface area contributed by atoms with Crippen LogP contribution in [0.5, 0.6) is 5.75 Å². The lowest BCUT2D eigenvalue weighted by molar-refractivity contribution is 0.0378. The second-order valence-electron chi connectivity index (χ2n) is 9.64. The molecule has 36 heavy (non-hydrogen) atoms. The van der Waals surface area contributed by atoms with Gasteiger partial charge in [0.2, 0.25) is 0 Å². The van der Waals surface area contributed by atoms with Crippen LogP contribution in [0.3, 0.4) is 0 Å². The number of para-hydroxylation sites is 2. The lowest BCUT2D eigenvalue weighted by Crippen LogP contribution is -2.65. The molecule has 2 saturated heterocycles. The summed E-state index contributed by atoms with van der Waals surface area (Å²) in [6.07, 6.45) is 0.589. The lowest BCUT2D eigenvalue weighted by atomic mass is 9.90. The van der Waals surface area contributed by atoms with Gasteiger partial charge in [0.25, 0.3) is 5.91 Å². The minimum absolute atomic E-state index is 0.111. The fraction of sp³-hybridized carbons (Fsp3) is 0.286. The second kappa shape index (κ2) is 8.55. The van der Waals surface area contributed by atoms with Gasteiger partial charge in [-0.05, 0) is 43.3 Å². The first-order chi connectivity index (χ1) is 17.4. The van der Waals surface area contributed by atoms with Gasteiger partial charge in [0.15, 0.2) is 5.72 Å². The van der Waals surface area contributed by atoms with Crippen molar-refractivity contribution in [3.05, 3.63) is 89.7 Å².